The van der Waals surface area contributed by atoms with Crippen LogP contribution in [-0.4, -0.2) is 37.3 Å². The van der Waals surface area contributed by atoms with E-state index in [1.165, 1.54) is 0 Å². The third-order valence-corrected chi connectivity index (χ3v) is 4.21. The molecule has 100 valence electrons. The molecule has 0 radical (unpaired) electrons. The average molecular weight is 242 g/mol. The van der Waals surface area contributed by atoms with Crippen molar-refractivity contribution in [3.63, 3.8) is 0 Å². The first kappa shape index (κ1) is 14.5. The minimum atomic E-state index is 0.0659. The molecule has 1 fully saturated rings. The van der Waals surface area contributed by atoms with Crippen molar-refractivity contribution in [2.24, 2.45) is 11.3 Å². The lowest BCUT2D eigenvalue weighted by Crippen LogP contribution is -2.40. The van der Waals surface area contributed by atoms with E-state index in [1.807, 2.05) is 0 Å². The molecule has 17 heavy (non-hydrogen) atoms. The summed E-state index contributed by atoms with van der Waals surface area (Å²) in [6.45, 7) is 6.89. The van der Waals surface area contributed by atoms with E-state index in [4.69, 9.17) is 5.11 Å². The van der Waals surface area contributed by atoms with Crippen LogP contribution in [0.2, 0.25) is 0 Å². The van der Waals surface area contributed by atoms with E-state index in [2.05, 4.69) is 24.5 Å². The van der Waals surface area contributed by atoms with Gasteiger partial charge in [-0.1, -0.05) is 13.8 Å². The van der Waals surface area contributed by atoms with Crippen molar-refractivity contribution >= 4 is 5.91 Å². The first-order valence-corrected chi connectivity index (χ1v) is 6.76. The predicted molar refractivity (Wildman–Crippen MR) is 68.7 cm³/mol. The molecule has 0 spiro atoms. The number of hydrogen-bond acceptors (Lipinski definition) is 3. The zero-order valence-corrected chi connectivity index (χ0v) is 11.1. The van der Waals surface area contributed by atoms with Crippen molar-refractivity contribution < 1.29 is 9.90 Å². The monoisotopic (exact) mass is 242 g/mol. The molecule has 1 unspecified atom stereocenters. The first-order chi connectivity index (χ1) is 8.17. The van der Waals surface area contributed by atoms with E-state index in [1.54, 1.807) is 0 Å². The topological polar surface area (TPSA) is 61.4 Å². The fraction of sp³-hybridized carbons (Fsp3) is 0.923. The van der Waals surface area contributed by atoms with Crippen LogP contribution in [0.5, 0.6) is 0 Å². The molecule has 1 saturated heterocycles. The highest BCUT2D eigenvalue weighted by atomic mass is 16.3. The number of rotatable bonds is 7. The van der Waals surface area contributed by atoms with Crippen molar-refractivity contribution in [1.29, 1.82) is 0 Å². The van der Waals surface area contributed by atoms with Gasteiger partial charge < -0.3 is 15.7 Å². The molecular weight excluding hydrogens is 216 g/mol. The fourth-order valence-electron chi connectivity index (χ4n) is 2.48. The van der Waals surface area contributed by atoms with E-state index in [9.17, 15) is 4.79 Å². The Kier molecular flexibility index (Phi) is 5.92. The molecule has 0 aromatic heterocycles. The number of carbonyl (C=O) groups is 1. The maximum atomic E-state index is 11.9. The van der Waals surface area contributed by atoms with Crippen LogP contribution in [-0.2, 0) is 4.79 Å². The van der Waals surface area contributed by atoms with Crippen molar-refractivity contribution in [3.8, 4) is 0 Å². The van der Waals surface area contributed by atoms with Crippen LogP contribution >= 0.6 is 0 Å². The van der Waals surface area contributed by atoms with E-state index >= 15 is 0 Å². The molecule has 0 aromatic carbocycles. The number of aliphatic hydroxyl groups is 1. The third-order valence-electron chi connectivity index (χ3n) is 4.21. The van der Waals surface area contributed by atoms with Crippen LogP contribution in [0, 0.1) is 11.3 Å². The molecule has 4 nitrogen and oxygen atoms in total. The highest BCUT2D eigenvalue weighted by molar-refractivity contribution is 5.79. The number of nitrogens with one attached hydrogen (secondary N) is 2. The summed E-state index contributed by atoms with van der Waals surface area (Å²) in [5.41, 5.74) is 0.0659. The molecule has 0 saturated carbocycles. The van der Waals surface area contributed by atoms with Gasteiger partial charge in [0.1, 0.15) is 0 Å². The molecular formula is C13H26N2O2. The van der Waals surface area contributed by atoms with Crippen LogP contribution in [0.25, 0.3) is 0 Å². The highest BCUT2D eigenvalue weighted by Crippen LogP contribution is 2.29. The van der Waals surface area contributed by atoms with E-state index in [0.29, 0.717) is 6.54 Å². The van der Waals surface area contributed by atoms with Crippen LogP contribution in [0.15, 0.2) is 0 Å². The largest absolute Gasteiger partial charge is 0.396 e. The summed E-state index contributed by atoms with van der Waals surface area (Å²) in [7, 11) is 0. The van der Waals surface area contributed by atoms with Crippen molar-refractivity contribution in [3.05, 3.63) is 0 Å². The molecule has 1 aliphatic heterocycles. The molecule has 1 atom stereocenters. The Balaban J connectivity index is 2.42. The summed E-state index contributed by atoms with van der Waals surface area (Å²) in [4.78, 5) is 11.9. The Hall–Kier alpha value is -0.610. The Labute approximate surface area is 104 Å². The second kappa shape index (κ2) is 6.97. The Morgan fingerprint density at radius 2 is 2.18 bits per heavy atom. The lowest BCUT2D eigenvalue weighted by atomic mass is 9.79. The minimum absolute atomic E-state index is 0.0659. The van der Waals surface area contributed by atoms with E-state index in [0.717, 1.165) is 38.8 Å². The molecule has 0 bridgehead atoms. The smallest absolute Gasteiger partial charge is 0.224 e. The Morgan fingerprint density at radius 1 is 1.47 bits per heavy atom. The molecule has 0 aliphatic carbocycles. The van der Waals surface area contributed by atoms with Crippen molar-refractivity contribution in [2.45, 2.75) is 39.5 Å². The second-order valence-corrected chi connectivity index (χ2v) is 5.09. The van der Waals surface area contributed by atoms with Gasteiger partial charge >= 0.3 is 0 Å². The van der Waals surface area contributed by atoms with Gasteiger partial charge in [-0.3, -0.25) is 4.79 Å². The average Bonchev–Trinajstić information content (AvgIpc) is 2.88. The van der Waals surface area contributed by atoms with Crippen LogP contribution < -0.4 is 10.6 Å². The van der Waals surface area contributed by atoms with Gasteiger partial charge in [-0.15, -0.1) is 0 Å². The van der Waals surface area contributed by atoms with Gasteiger partial charge in [-0.2, -0.15) is 0 Å². The Bertz CT molecular complexity index is 234. The summed E-state index contributed by atoms with van der Waals surface area (Å²) in [6, 6.07) is 0. The molecule has 1 heterocycles. The van der Waals surface area contributed by atoms with Gasteiger partial charge in [0.25, 0.3) is 0 Å². The normalized spacial score (nSPS) is 20.5. The van der Waals surface area contributed by atoms with Crippen LogP contribution in [0.1, 0.15) is 39.5 Å². The summed E-state index contributed by atoms with van der Waals surface area (Å²) < 4.78 is 0. The van der Waals surface area contributed by atoms with Gasteiger partial charge in [0.15, 0.2) is 0 Å². The number of carbonyl (C=O) groups excluding carboxylic acids is 1. The van der Waals surface area contributed by atoms with Gasteiger partial charge in [0.05, 0.1) is 5.92 Å². The van der Waals surface area contributed by atoms with E-state index in [-0.39, 0.29) is 23.8 Å². The highest BCUT2D eigenvalue weighted by Gasteiger charge is 2.28. The third kappa shape index (κ3) is 3.96. The van der Waals surface area contributed by atoms with E-state index < -0.39 is 0 Å². The van der Waals surface area contributed by atoms with Crippen molar-refractivity contribution in [1.82, 2.24) is 10.6 Å². The molecule has 4 heteroatoms. The fourth-order valence-corrected chi connectivity index (χ4v) is 2.48. The summed E-state index contributed by atoms with van der Waals surface area (Å²) in [5, 5.41) is 15.4. The molecule has 3 N–H and O–H groups in total. The second-order valence-electron chi connectivity index (χ2n) is 5.09. The summed E-state index contributed by atoms with van der Waals surface area (Å²) in [5.74, 6) is 0.301. The van der Waals surface area contributed by atoms with Gasteiger partial charge in [-0.25, -0.2) is 0 Å². The number of hydrogen-bond donors (Lipinski definition) is 3. The van der Waals surface area contributed by atoms with Gasteiger partial charge in [0, 0.05) is 19.7 Å². The van der Waals surface area contributed by atoms with Crippen LogP contribution in [0.4, 0.5) is 0 Å². The molecule has 0 aromatic rings. The minimum Gasteiger partial charge on any atom is -0.396 e. The predicted octanol–water partition coefficient (Wildman–Crippen LogP) is 0.901. The maximum absolute atomic E-state index is 11.9. The van der Waals surface area contributed by atoms with Gasteiger partial charge in [-0.05, 0) is 37.6 Å². The first-order valence-electron chi connectivity index (χ1n) is 6.76. The zero-order valence-electron chi connectivity index (χ0n) is 11.1. The molecule has 1 aliphatic rings. The standard InChI is InChI=1S/C13H26N2O2/c1-3-13(4-2,6-8-16)10-15-12(17)11-5-7-14-9-11/h11,14,16H,3-10H2,1-2H3,(H,15,17). The Morgan fingerprint density at radius 3 is 2.65 bits per heavy atom. The quantitative estimate of drug-likeness (QED) is 0.621. The number of aliphatic hydroxyl groups excluding tert-OH is 1. The SMILES string of the molecule is CCC(CC)(CCO)CNC(=O)C1CCNC1. The number of amides is 1. The molecule has 1 amide bonds. The lowest BCUT2D eigenvalue weighted by molar-refractivity contribution is -0.125. The summed E-state index contributed by atoms with van der Waals surface area (Å²) in [6.07, 6.45) is 3.70. The lowest BCUT2D eigenvalue weighted by Gasteiger charge is -2.31. The zero-order chi connectivity index (χ0) is 12.7. The molecule has 1 rings (SSSR count). The van der Waals surface area contributed by atoms with Gasteiger partial charge in [0.2, 0.25) is 5.91 Å². The maximum Gasteiger partial charge on any atom is 0.224 e. The van der Waals surface area contributed by atoms with Crippen molar-refractivity contribution in [2.75, 3.05) is 26.2 Å². The van der Waals surface area contributed by atoms with Crippen LogP contribution in [0.3, 0.4) is 0 Å². The summed E-state index contributed by atoms with van der Waals surface area (Å²) >= 11 is 0.